The number of rotatable bonds is 10. The molecule has 0 radical (unpaired) electrons. The van der Waals surface area contributed by atoms with Gasteiger partial charge in [0.05, 0.1) is 11.9 Å². The summed E-state index contributed by atoms with van der Waals surface area (Å²) in [6, 6.07) is -5.04. The molecule has 2 aliphatic heterocycles. The predicted molar refractivity (Wildman–Crippen MR) is 206 cm³/mol. The Bertz CT molecular complexity index is 2100. The number of aromatic nitrogens is 1. The highest BCUT2D eigenvalue weighted by Crippen LogP contribution is 2.51. The SMILES string of the molecule is CCOc1cc2ccnc(O[C@]3(C)C[C@H]4C(=O)N[C@]5(C(=O)NS(=O)(=O)C6CC6)C[C@H]5/C=C\CC[C@@H](C)C[C@@H](C)[C@H](N(C(=O)O)C(C)CC)C(=O)N4C3(F)F)c2cc1F. The Labute approximate surface area is 335 Å². The van der Waals surface area contributed by atoms with Crippen molar-refractivity contribution in [2.75, 3.05) is 6.61 Å². The molecule has 0 bridgehead atoms. The molecule has 3 N–H and O–H groups in total. The number of carbonyl (C=O) groups is 4. The monoisotopic (exact) mass is 835 g/mol. The van der Waals surface area contributed by atoms with E-state index >= 15 is 18.0 Å². The van der Waals surface area contributed by atoms with E-state index in [4.69, 9.17) is 9.47 Å². The Morgan fingerprint density at radius 1 is 1.16 bits per heavy atom. The number of alkyl halides is 2. The molecule has 4 amide bonds. The van der Waals surface area contributed by atoms with E-state index in [9.17, 15) is 27.9 Å². The summed E-state index contributed by atoms with van der Waals surface area (Å²) in [7, 11) is -4.09. The topological polar surface area (TPSA) is 185 Å². The lowest BCUT2D eigenvalue weighted by Gasteiger charge is -2.42. The van der Waals surface area contributed by atoms with Crippen LogP contribution in [0.2, 0.25) is 0 Å². The van der Waals surface area contributed by atoms with Gasteiger partial charge in [-0.15, -0.1) is 0 Å². The molecule has 3 fully saturated rings. The smallest absolute Gasteiger partial charge is 0.408 e. The minimum Gasteiger partial charge on any atom is -0.491 e. The van der Waals surface area contributed by atoms with Crippen LogP contribution >= 0.6 is 0 Å². The van der Waals surface area contributed by atoms with Crippen LogP contribution in [0.1, 0.15) is 92.9 Å². The van der Waals surface area contributed by atoms with Gasteiger partial charge in [-0.1, -0.05) is 32.9 Å². The van der Waals surface area contributed by atoms with Gasteiger partial charge < -0.3 is 19.9 Å². The molecule has 2 aliphatic carbocycles. The highest BCUT2D eigenvalue weighted by atomic mass is 32.2. The van der Waals surface area contributed by atoms with Crippen molar-refractivity contribution in [3.63, 3.8) is 0 Å². The van der Waals surface area contributed by atoms with Gasteiger partial charge in [0.15, 0.2) is 17.2 Å². The number of nitrogens with zero attached hydrogens (tertiary/aromatic N) is 3. The lowest BCUT2D eigenvalue weighted by molar-refractivity contribution is -0.219. The minimum atomic E-state index is -4.36. The van der Waals surface area contributed by atoms with Crippen molar-refractivity contribution in [1.82, 2.24) is 24.8 Å². The molecule has 3 heterocycles. The lowest BCUT2D eigenvalue weighted by Crippen LogP contribution is -2.64. The number of pyridine rings is 1. The molecule has 58 heavy (non-hydrogen) atoms. The predicted octanol–water partition coefficient (Wildman–Crippen LogP) is 5.75. The Balaban J connectivity index is 1.48. The van der Waals surface area contributed by atoms with Gasteiger partial charge in [-0.05, 0) is 101 Å². The summed E-state index contributed by atoms with van der Waals surface area (Å²) >= 11 is 0. The molecule has 1 saturated heterocycles. The van der Waals surface area contributed by atoms with Crippen LogP contribution in [0.15, 0.2) is 36.5 Å². The summed E-state index contributed by atoms with van der Waals surface area (Å²) in [4.78, 5) is 61.5. The summed E-state index contributed by atoms with van der Waals surface area (Å²) in [6.45, 7) is 9.56. The third-order valence-corrected chi connectivity index (χ3v) is 13.9. The normalized spacial score (nSPS) is 31.1. The molecule has 2 saturated carbocycles. The van der Waals surface area contributed by atoms with Crippen molar-refractivity contribution in [2.24, 2.45) is 17.8 Å². The van der Waals surface area contributed by atoms with Crippen molar-refractivity contribution in [3.8, 4) is 11.6 Å². The average molecular weight is 836 g/mol. The van der Waals surface area contributed by atoms with Crippen LogP contribution in [0.5, 0.6) is 11.6 Å². The lowest BCUT2D eigenvalue weighted by atomic mass is 9.86. The number of allylic oxidation sites excluding steroid dienone is 1. The third-order valence-electron chi connectivity index (χ3n) is 12.1. The molecule has 318 valence electrons. The maximum atomic E-state index is 17.6. The number of carbonyl (C=O) groups excluding carboxylic acids is 3. The molecular weight excluding hydrogens is 784 g/mol. The van der Waals surface area contributed by atoms with Crippen LogP contribution in [0.3, 0.4) is 0 Å². The highest BCUT2D eigenvalue weighted by Gasteiger charge is 2.71. The Morgan fingerprint density at radius 3 is 2.50 bits per heavy atom. The van der Waals surface area contributed by atoms with Gasteiger partial charge >= 0.3 is 12.1 Å². The fourth-order valence-electron chi connectivity index (χ4n) is 8.39. The first-order chi connectivity index (χ1) is 27.2. The molecular formula is C40H52F3N5O9S. The van der Waals surface area contributed by atoms with E-state index in [1.807, 2.05) is 13.0 Å². The van der Waals surface area contributed by atoms with E-state index in [0.29, 0.717) is 31.1 Å². The molecule has 1 aromatic carbocycles. The number of hydrogen-bond acceptors (Lipinski definition) is 9. The fraction of sp³-hybridized carbons (Fsp3) is 0.625. The number of carboxylic acid groups (broad SMARTS) is 1. The first-order valence-electron chi connectivity index (χ1n) is 19.9. The molecule has 6 rings (SSSR count). The van der Waals surface area contributed by atoms with E-state index in [2.05, 4.69) is 15.0 Å². The van der Waals surface area contributed by atoms with E-state index in [1.54, 1.807) is 33.8 Å². The van der Waals surface area contributed by atoms with Crippen LogP contribution in [0.4, 0.5) is 18.0 Å². The number of amides is 4. The van der Waals surface area contributed by atoms with Gasteiger partial charge in [-0.3, -0.25) is 28.9 Å². The maximum absolute atomic E-state index is 17.6. The van der Waals surface area contributed by atoms with Crippen molar-refractivity contribution in [2.45, 2.75) is 133 Å². The third kappa shape index (κ3) is 7.92. The van der Waals surface area contributed by atoms with Gasteiger partial charge in [-0.2, -0.15) is 8.78 Å². The van der Waals surface area contributed by atoms with Crippen LogP contribution < -0.4 is 19.5 Å². The van der Waals surface area contributed by atoms with Gasteiger partial charge in [0, 0.05) is 30.0 Å². The van der Waals surface area contributed by atoms with Crippen LogP contribution in [0.25, 0.3) is 10.8 Å². The van der Waals surface area contributed by atoms with Crippen molar-refractivity contribution >= 4 is 44.6 Å². The quantitative estimate of drug-likeness (QED) is 0.197. The number of halogens is 3. The zero-order valence-electron chi connectivity index (χ0n) is 33.5. The highest BCUT2D eigenvalue weighted by molar-refractivity contribution is 7.91. The number of nitrogens with one attached hydrogen (secondary N) is 2. The summed E-state index contributed by atoms with van der Waals surface area (Å²) in [5.74, 6) is -6.55. The number of hydrogen-bond donors (Lipinski definition) is 3. The summed E-state index contributed by atoms with van der Waals surface area (Å²) in [6.07, 6.45) is 4.59. The standard InChI is InChI=1S/C40H52F3N5O9S/c1-7-24(5)47(37(52)53)32-23(4)17-22(3)11-9-10-12-26-20-39(26,36(51)46-58(54,55)27-13-14-27)45-33(49)30-21-38(6,40(42,43)48(30)35(32)50)57-34-28-19-29(41)31(56-8-2)18-25(28)15-16-44-34/h10,12,15-16,18-19,22-24,26-27,30,32H,7-9,11,13-14,17,20-21H2,1-6H3,(H,45,49)(H,46,51)(H,52,53)/b12-10-/t22-,23-,24?,26-,30+,32+,38-,39-/m1/s1. The van der Waals surface area contributed by atoms with Crippen LogP contribution in [-0.2, 0) is 24.4 Å². The largest absolute Gasteiger partial charge is 0.491 e. The van der Waals surface area contributed by atoms with Crippen LogP contribution in [0, 0.1) is 23.6 Å². The Kier molecular flexibility index (Phi) is 11.8. The van der Waals surface area contributed by atoms with E-state index < -0.39 is 104 Å². The van der Waals surface area contributed by atoms with Crippen molar-refractivity contribution in [1.29, 1.82) is 0 Å². The molecule has 14 nitrogen and oxygen atoms in total. The van der Waals surface area contributed by atoms with Crippen LogP contribution in [-0.4, -0.2) is 99.3 Å². The minimum absolute atomic E-state index is 0.00451. The zero-order valence-corrected chi connectivity index (χ0v) is 34.3. The van der Waals surface area contributed by atoms with Gasteiger partial charge in [-0.25, -0.2) is 22.6 Å². The first kappa shape index (κ1) is 43.0. The molecule has 1 aromatic heterocycles. The Hall–Kier alpha value is -4.61. The van der Waals surface area contributed by atoms with Crippen molar-refractivity contribution < 1.29 is 55.3 Å². The second kappa shape index (κ2) is 15.9. The second-order valence-corrected chi connectivity index (χ2v) is 18.5. The summed E-state index contributed by atoms with van der Waals surface area (Å²) in [5.41, 5.74) is -4.60. The Morgan fingerprint density at radius 2 is 1.86 bits per heavy atom. The summed E-state index contributed by atoms with van der Waals surface area (Å²) in [5, 5.41) is 12.6. The number of benzene rings is 1. The van der Waals surface area contributed by atoms with Gasteiger partial charge in [0.2, 0.25) is 21.8 Å². The second-order valence-electron chi connectivity index (χ2n) is 16.5. The average Bonchev–Trinajstić information content (AvgIpc) is 4.07. The van der Waals surface area contributed by atoms with Crippen molar-refractivity contribution in [3.05, 3.63) is 42.4 Å². The summed E-state index contributed by atoms with van der Waals surface area (Å²) < 4.78 is 89.5. The maximum Gasteiger partial charge on any atom is 0.408 e. The van der Waals surface area contributed by atoms with E-state index in [-0.39, 0.29) is 47.8 Å². The molecule has 0 spiro atoms. The number of fused-ring (bicyclic) bond motifs is 3. The number of sulfonamides is 1. The van der Waals surface area contributed by atoms with Gasteiger partial charge in [0.1, 0.15) is 17.6 Å². The molecule has 2 aromatic rings. The van der Waals surface area contributed by atoms with E-state index in [0.717, 1.165) is 17.9 Å². The fourth-order valence-corrected chi connectivity index (χ4v) is 9.76. The zero-order chi connectivity index (χ0) is 42.5. The molecule has 1 unspecified atom stereocenters. The number of ether oxygens (including phenoxy) is 2. The molecule has 4 aliphatic rings. The van der Waals surface area contributed by atoms with Gasteiger partial charge in [0.25, 0.3) is 11.8 Å². The molecule has 18 heteroatoms. The van der Waals surface area contributed by atoms with E-state index in [1.165, 1.54) is 18.3 Å². The molecule has 8 atom stereocenters. The first-order valence-corrected chi connectivity index (χ1v) is 21.4.